The van der Waals surface area contributed by atoms with Crippen molar-refractivity contribution in [2.24, 2.45) is 0 Å². The number of unbranched alkanes of at least 4 members (excludes halogenated alkanes) is 1. The third-order valence-corrected chi connectivity index (χ3v) is 2.98. The highest BCUT2D eigenvalue weighted by atomic mass is 16.4. The summed E-state index contributed by atoms with van der Waals surface area (Å²) >= 11 is 0. The van der Waals surface area contributed by atoms with E-state index in [1.165, 1.54) is 0 Å². The second-order valence-electron chi connectivity index (χ2n) is 4.55. The molecule has 1 aromatic heterocycles. The number of hydrogen-bond acceptors (Lipinski definition) is 3. The number of benzene rings is 1. The highest BCUT2D eigenvalue weighted by molar-refractivity contribution is 5.76. The zero-order chi connectivity index (χ0) is 13.7. The predicted molar refractivity (Wildman–Crippen MR) is 73.1 cm³/mol. The lowest BCUT2D eigenvalue weighted by atomic mass is 10.1. The van der Waals surface area contributed by atoms with E-state index < -0.39 is 5.76 Å². The lowest BCUT2D eigenvalue weighted by molar-refractivity contribution is -0.121. The van der Waals surface area contributed by atoms with Gasteiger partial charge in [-0.05, 0) is 30.5 Å². The Bertz CT molecular complexity index is 612. The summed E-state index contributed by atoms with van der Waals surface area (Å²) in [5.41, 5.74) is 2.28. The molecule has 19 heavy (non-hydrogen) atoms. The molecule has 2 rings (SSSR count). The first kappa shape index (κ1) is 13.4. The summed E-state index contributed by atoms with van der Waals surface area (Å²) in [6, 6.07) is 5.56. The highest BCUT2D eigenvalue weighted by Gasteiger charge is 2.03. The van der Waals surface area contributed by atoms with Crippen LogP contribution in [-0.4, -0.2) is 17.4 Å². The molecule has 0 aliphatic carbocycles. The molecule has 0 unspecified atom stereocenters. The molecular weight excluding hydrogens is 244 g/mol. The maximum Gasteiger partial charge on any atom is 0.417 e. The van der Waals surface area contributed by atoms with Gasteiger partial charge in [0.15, 0.2) is 5.58 Å². The highest BCUT2D eigenvalue weighted by Crippen LogP contribution is 2.12. The Hall–Kier alpha value is -2.04. The molecule has 0 radical (unpaired) electrons. The van der Waals surface area contributed by atoms with Crippen LogP contribution < -0.4 is 11.1 Å². The van der Waals surface area contributed by atoms with Crippen molar-refractivity contribution < 1.29 is 9.21 Å². The number of hydrogen-bond donors (Lipinski definition) is 2. The van der Waals surface area contributed by atoms with E-state index in [2.05, 4.69) is 17.2 Å². The van der Waals surface area contributed by atoms with E-state index in [0.29, 0.717) is 24.1 Å². The summed E-state index contributed by atoms with van der Waals surface area (Å²) < 4.78 is 4.99. The molecule has 0 bridgehead atoms. The lowest BCUT2D eigenvalue weighted by Crippen LogP contribution is -2.25. The monoisotopic (exact) mass is 262 g/mol. The third-order valence-electron chi connectivity index (χ3n) is 2.98. The van der Waals surface area contributed by atoms with Crippen molar-refractivity contribution in [2.75, 3.05) is 6.54 Å². The van der Waals surface area contributed by atoms with Crippen LogP contribution in [-0.2, 0) is 11.2 Å². The van der Waals surface area contributed by atoms with E-state index in [1.807, 2.05) is 18.2 Å². The molecule has 1 amide bonds. The molecule has 1 aromatic carbocycles. The number of amides is 1. The summed E-state index contributed by atoms with van der Waals surface area (Å²) in [6.07, 6.45) is 3.26. The minimum atomic E-state index is -0.444. The number of aromatic nitrogens is 1. The number of H-pyrrole nitrogens is 1. The molecule has 2 N–H and O–H groups in total. The fraction of sp³-hybridized carbons (Fsp3) is 0.429. The molecule has 5 heteroatoms. The normalized spacial score (nSPS) is 10.8. The van der Waals surface area contributed by atoms with Crippen LogP contribution in [0, 0.1) is 0 Å². The molecule has 2 aromatic rings. The molecule has 102 valence electrons. The Labute approximate surface area is 111 Å². The molecule has 0 spiro atoms. The maximum atomic E-state index is 11.4. The van der Waals surface area contributed by atoms with E-state index in [0.717, 1.165) is 24.8 Å². The van der Waals surface area contributed by atoms with Crippen LogP contribution in [0.5, 0.6) is 0 Å². The van der Waals surface area contributed by atoms with Crippen molar-refractivity contribution in [3.05, 3.63) is 34.3 Å². The number of carbonyl (C=O) groups excluding carboxylic acids is 1. The number of oxazole rings is 1. The number of nitrogens with one attached hydrogen (secondary N) is 2. The zero-order valence-electron chi connectivity index (χ0n) is 11.0. The van der Waals surface area contributed by atoms with Crippen LogP contribution in [0.2, 0.25) is 0 Å². The number of carbonyl (C=O) groups is 1. The standard InChI is InChI=1S/C14H18N2O3/c1-2-3-4-13(17)15-8-7-10-5-6-11-12(9-10)19-14(18)16-11/h5-6,9H,2-4,7-8H2,1H3,(H,15,17)(H,16,18). The van der Waals surface area contributed by atoms with Crippen molar-refractivity contribution in [3.8, 4) is 0 Å². The van der Waals surface area contributed by atoms with Gasteiger partial charge in [-0.1, -0.05) is 19.4 Å². The SMILES string of the molecule is CCCCC(=O)NCCc1ccc2[nH]c(=O)oc2c1. The van der Waals surface area contributed by atoms with Gasteiger partial charge < -0.3 is 9.73 Å². The van der Waals surface area contributed by atoms with Crippen molar-refractivity contribution in [2.45, 2.75) is 32.6 Å². The van der Waals surface area contributed by atoms with Gasteiger partial charge >= 0.3 is 5.76 Å². The minimum absolute atomic E-state index is 0.0936. The first-order valence-electron chi connectivity index (χ1n) is 6.57. The van der Waals surface area contributed by atoms with Crippen LogP contribution >= 0.6 is 0 Å². The molecule has 0 aliphatic heterocycles. The van der Waals surface area contributed by atoms with Crippen LogP contribution in [0.15, 0.2) is 27.4 Å². The Morgan fingerprint density at radius 2 is 2.26 bits per heavy atom. The lowest BCUT2D eigenvalue weighted by Gasteiger charge is -2.04. The summed E-state index contributed by atoms with van der Waals surface area (Å²) in [6.45, 7) is 2.66. The first-order valence-corrected chi connectivity index (χ1v) is 6.57. The number of aromatic amines is 1. The Morgan fingerprint density at radius 1 is 1.42 bits per heavy atom. The average molecular weight is 262 g/mol. The van der Waals surface area contributed by atoms with Gasteiger partial charge in [0.2, 0.25) is 5.91 Å². The second-order valence-corrected chi connectivity index (χ2v) is 4.55. The van der Waals surface area contributed by atoms with Gasteiger partial charge in [0.25, 0.3) is 0 Å². The number of fused-ring (bicyclic) bond motifs is 1. The molecular formula is C14H18N2O3. The van der Waals surface area contributed by atoms with Crippen LogP contribution in [0.3, 0.4) is 0 Å². The van der Waals surface area contributed by atoms with Crippen molar-refractivity contribution >= 4 is 17.0 Å². The molecule has 0 saturated carbocycles. The fourth-order valence-corrected chi connectivity index (χ4v) is 1.92. The van der Waals surface area contributed by atoms with Crippen LogP contribution in [0.25, 0.3) is 11.1 Å². The van der Waals surface area contributed by atoms with E-state index in [1.54, 1.807) is 0 Å². The topological polar surface area (TPSA) is 75.1 Å². The van der Waals surface area contributed by atoms with Gasteiger partial charge in [0.05, 0.1) is 5.52 Å². The van der Waals surface area contributed by atoms with Gasteiger partial charge in [-0.2, -0.15) is 0 Å². The second kappa shape index (κ2) is 6.22. The molecule has 0 saturated heterocycles. The predicted octanol–water partition coefficient (Wildman–Crippen LogP) is 1.97. The van der Waals surface area contributed by atoms with E-state index in [-0.39, 0.29) is 5.91 Å². The van der Waals surface area contributed by atoms with E-state index in [9.17, 15) is 9.59 Å². The van der Waals surface area contributed by atoms with Gasteiger partial charge in [-0.3, -0.25) is 9.78 Å². The largest absolute Gasteiger partial charge is 0.417 e. The van der Waals surface area contributed by atoms with Crippen LogP contribution in [0.4, 0.5) is 0 Å². The Balaban J connectivity index is 1.87. The summed E-state index contributed by atoms with van der Waals surface area (Å²) in [5.74, 6) is -0.351. The first-order chi connectivity index (χ1) is 9.19. The van der Waals surface area contributed by atoms with Crippen molar-refractivity contribution in [1.82, 2.24) is 10.3 Å². The maximum absolute atomic E-state index is 11.4. The van der Waals surface area contributed by atoms with Crippen LogP contribution in [0.1, 0.15) is 31.7 Å². The van der Waals surface area contributed by atoms with Gasteiger partial charge in [-0.15, -0.1) is 0 Å². The molecule has 0 aliphatic rings. The molecule has 0 fully saturated rings. The van der Waals surface area contributed by atoms with Gasteiger partial charge in [-0.25, -0.2) is 4.79 Å². The van der Waals surface area contributed by atoms with Gasteiger partial charge in [0.1, 0.15) is 0 Å². The molecule has 5 nitrogen and oxygen atoms in total. The number of rotatable bonds is 6. The summed E-state index contributed by atoms with van der Waals surface area (Å²) in [4.78, 5) is 25.0. The van der Waals surface area contributed by atoms with Gasteiger partial charge in [0, 0.05) is 13.0 Å². The van der Waals surface area contributed by atoms with Crippen molar-refractivity contribution in [1.29, 1.82) is 0 Å². The Morgan fingerprint density at radius 3 is 3.05 bits per heavy atom. The summed E-state index contributed by atoms with van der Waals surface area (Å²) in [7, 11) is 0. The zero-order valence-corrected chi connectivity index (χ0v) is 11.0. The van der Waals surface area contributed by atoms with E-state index in [4.69, 9.17) is 4.42 Å². The third kappa shape index (κ3) is 3.71. The summed E-state index contributed by atoms with van der Waals surface area (Å²) in [5, 5.41) is 2.88. The molecule has 0 atom stereocenters. The van der Waals surface area contributed by atoms with E-state index >= 15 is 0 Å². The average Bonchev–Trinajstić information content (AvgIpc) is 2.75. The Kier molecular flexibility index (Phi) is 4.39. The quantitative estimate of drug-likeness (QED) is 0.835. The fourth-order valence-electron chi connectivity index (χ4n) is 1.92. The molecule has 1 heterocycles. The minimum Gasteiger partial charge on any atom is -0.408 e. The van der Waals surface area contributed by atoms with Crippen molar-refractivity contribution in [3.63, 3.8) is 0 Å². The smallest absolute Gasteiger partial charge is 0.408 e.